The lowest BCUT2D eigenvalue weighted by Crippen LogP contribution is -2.37. The maximum Gasteiger partial charge on any atom is 0.332 e. The molecule has 2 aromatic heterocycles. The molecule has 0 radical (unpaired) electrons. The number of imidazole rings is 1. The molecule has 8 nitrogen and oxygen atoms in total. The molecule has 2 heterocycles. The maximum atomic E-state index is 12.3. The van der Waals surface area contributed by atoms with Gasteiger partial charge in [-0.3, -0.25) is 18.7 Å². The number of rotatable bonds is 4. The summed E-state index contributed by atoms with van der Waals surface area (Å²) in [5, 5.41) is 3.45. The second kappa shape index (κ2) is 6.97. The van der Waals surface area contributed by atoms with E-state index in [0.717, 1.165) is 4.57 Å². The van der Waals surface area contributed by atoms with E-state index in [-0.39, 0.29) is 30.0 Å². The SMILES string of the molecule is Cn1c(=O)c2c(ncn2CCC(=O)Nc2ccc(Cl)c(Cl)c2)n(C)c1=O. The molecule has 26 heavy (non-hydrogen) atoms. The molecule has 1 amide bonds. The van der Waals surface area contributed by atoms with Crippen molar-refractivity contribution in [2.45, 2.75) is 13.0 Å². The van der Waals surface area contributed by atoms with Gasteiger partial charge in [-0.1, -0.05) is 23.2 Å². The molecule has 0 bridgehead atoms. The van der Waals surface area contributed by atoms with Gasteiger partial charge in [0.25, 0.3) is 5.56 Å². The number of hydrogen-bond donors (Lipinski definition) is 1. The third-order valence-electron chi connectivity index (χ3n) is 4.00. The van der Waals surface area contributed by atoms with Crippen molar-refractivity contribution in [2.24, 2.45) is 14.1 Å². The van der Waals surface area contributed by atoms with Crippen LogP contribution in [0.2, 0.25) is 10.0 Å². The summed E-state index contributed by atoms with van der Waals surface area (Å²) in [5.41, 5.74) is 0.175. The smallest absolute Gasteiger partial charge is 0.326 e. The predicted molar refractivity (Wildman–Crippen MR) is 99.9 cm³/mol. The number of hydrogen-bond acceptors (Lipinski definition) is 4. The van der Waals surface area contributed by atoms with Crippen LogP contribution in [-0.2, 0) is 25.4 Å². The second-order valence-electron chi connectivity index (χ2n) is 5.74. The van der Waals surface area contributed by atoms with E-state index >= 15 is 0 Å². The van der Waals surface area contributed by atoms with E-state index < -0.39 is 11.2 Å². The average Bonchev–Trinajstić information content (AvgIpc) is 3.03. The Hall–Kier alpha value is -2.58. The van der Waals surface area contributed by atoms with Gasteiger partial charge in [-0.2, -0.15) is 0 Å². The molecule has 0 saturated carbocycles. The van der Waals surface area contributed by atoms with Crippen LogP contribution in [0.5, 0.6) is 0 Å². The van der Waals surface area contributed by atoms with E-state index in [4.69, 9.17) is 23.2 Å². The first kappa shape index (κ1) is 18.2. The van der Waals surface area contributed by atoms with Gasteiger partial charge in [0.2, 0.25) is 5.91 Å². The summed E-state index contributed by atoms with van der Waals surface area (Å²) >= 11 is 11.8. The van der Waals surface area contributed by atoms with Gasteiger partial charge in [-0.25, -0.2) is 9.78 Å². The number of carbonyl (C=O) groups is 1. The van der Waals surface area contributed by atoms with Crippen LogP contribution in [0, 0.1) is 0 Å². The summed E-state index contributed by atoms with van der Waals surface area (Å²) in [5.74, 6) is -0.258. The highest BCUT2D eigenvalue weighted by atomic mass is 35.5. The lowest BCUT2D eigenvalue weighted by molar-refractivity contribution is -0.116. The fraction of sp³-hybridized carbons (Fsp3) is 0.250. The molecule has 0 fully saturated rings. The highest BCUT2D eigenvalue weighted by Gasteiger charge is 2.15. The Labute approximate surface area is 157 Å². The third kappa shape index (κ3) is 3.25. The Morgan fingerprint density at radius 3 is 2.58 bits per heavy atom. The summed E-state index contributed by atoms with van der Waals surface area (Å²) in [4.78, 5) is 40.5. The first-order chi connectivity index (χ1) is 12.3. The fourth-order valence-electron chi connectivity index (χ4n) is 2.59. The minimum absolute atomic E-state index is 0.109. The van der Waals surface area contributed by atoms with Crippen LogP contribution in [0.3, 0.4) is 0 Å². The number of aromatic nitrogens is 4. The van der Waals surface area contributed by atoms with E-state index in [1.165, 1.54) is 17.9 Å². The molecule has 0 atom stereocenters. The Kier molecular flexibility index (Phi) is 4.88. The zero-order valence-corrected chi connectivity index (χ0v) is 15.5. The molecule has 0 aliphatic rings. The Morgan fingerprint density at radius 1 is 1.15 bits per heavy atom. The summed E-state index contributed by atoms with van der Waals surface area (Å²) in [6.07, 6.45) is 1.55. The van der Waals surface area contributed by atoms with Crippen LogP contribution in [-0.4, -0.2) is 24.6 Å². The molecule has 10 heteroatoms. The van der Waals surface area contributed by atoms with Crippen molar-refractivity contribution in [1.82, 2.24) is 18.7 Å². The van der Waals surface area contributed by atoms with E-state index in [9.17, 15) is 14.4 Å². The zero-order valence-electron chi connectivity index (χ0n) is 14.0. The number of nitrogens with zero attached hydrogens (tertiary/aromatic N) is 4. The number of fused-ring (bicyclic) bond motifs is 1. The number of nitrogens with one attached hydrogen (secondary N) is 1. The minimum atomic E-state index is -0.454. The number of amides is 1. The van der Waals surface area contributed by atoms with Crippen molar-refractivity contribution in [2.75, 3.05) is 5.32 Å². The molecule has 0 aliphatic carbocycles. The van der Waals surface area contributed by atoms with Crippen molar-refractivity contribution < 1.29 is 4.79 Å². The Balaban J connectivity index is 1.80. The van der Waals surface area contributed by atoms with Crippen LogP contribution in [0.4, 0.5) is 5.69 Å². The molecule has 0 unspecified atom stereocenters. The highest BCUT2D eigenvalue weighted by molar-refractivity contribution is 6.42. The Morgan fingerprint density at radius 2 is 1.88 bits per heavy atom. The molecule has 136 valence electrons. The molecule has 1 N–H and O–H groups in total. The van der Waals surface area contributed by atoms with Gasteiger partial charge in [0.1, 0.15) is 0 Å². The van der Waals surface area contributed by atoms with Gasteiger partial charge >= 0.3 is 5.69 Å². The van der Waals surface area contributed by atoms with E-state index in [1.54, 1.807) is 29.8 Å². The normalized spacial score (nSPS) is 11.1. The molecule has 3 rings (SSSR count). The van der Waals surface area contributed by atoms with Gasteiger partial charge in [-0.15, -0.1) is 0 Å². The van der Waals surface area contributed by atoms with Gasteiger partial charge in [-0.05, 0) is 18.2 Å². The van der Waals surface area contributed by atoms with Crippen molar-refractivity contribution in [1.29, 1.82) is 0 Å². The molecule has 0 spiro atoms. The zero-order chi connectivity index (χ0) is 19.0. The first-order valence-corrected chi connectivity index (χ1v) is 8.41. The Bertz CT molecular complexity index is 1130. The average molecular weight is 396 g/mol. The van der Waals surface area contributed by atoms with Crippen LogP contribution in [0.1, 0.15) is 6.42 Å². The van der Waals surface area contributed by atoms with E-state index in [0.29, 0.717) is 15.7 Å². The van der Waals surface area contributed by atoms with Crippen molar-refractivity contribution in [3.8, 4) is 0 Å². The standard InChI is InChI=1S/C16H15Cl2N5O3/c1-21-14-13(15(25)22(2)16(21)26)23(8-19-14)6-5-12(24)20-9-3-4-10(17)11(18)7-9/h3-4,7-8H,5-6H2,1-2H3,(H,20,24). The van der Waals surface area contributed by atoms with Gasteiger partial charge < -0.3 is 9.88 Å². The fourth-order valence-corrected chi connectivity index (χ4v) is 2.88. The van der Waals surface area contributed by atoms with Crippen LogP contribution in [0.25, 0.3) is 11.2 Å². The molecule has 1 aromatic carbocycles. The summed E-state index contributed by atoms with van der Waals surface area (Å²) in [6.45, 7) is 0.233. The van der Waals surface area contributed by atoms with Crippen molar-refractivity contribution in [3.63, 3.8) is 0 Å². The number of anilines is 1. The lowest BCUT2D eigenvalue weighted by Gasteiger charge is -2.08. The van der Waals surface area contributed by atoms with Crippen LogP contribution < -0.4 is 16.6 Å². The van der Waals surface area contributed by atoms with Gasteiger partial charge in [0.15, 0.2) is 11.2 Å². The quantitative estimate of drug-likeness (QED) is 0.728. The number of benzene rings is 1. The monoisotopic (exact) mass is 395 g/mol. The third-order valence-corrected chi connectivity index (χ3v) is 4.74. The number of aryl methyl sites for hydroxylation is 2. The minimum Gasteiger partial charge on any atom is -0.326 e. The molecular weight excluding hydrogens is 381 g/mol. The highest BCUT2D eigenvalue weighted by Crippen LogP contribution is 2.25. The van der Waals surface area contributed by atoms with E-state index in [1.807, 2.05) is 0 Å². The molecule has 0 aliphatic heterocycles. The second-order valence-corrected chi connectivity index (χ2v) is 6.56. The summed E-state index contributed by atoms with van der Waals surface area (Å²) in [7, 11) is 2.94. The predicted octanol–water partition coefficient (Wildman–Crippen LogP) is 1.77. The molecular formula is C16H15Cl2N5O3. The van der Waals surface area contributed by atoms with Crippen molar-refractivity contribution in [3.05, 3.63) is 55.4 Å². The van der Waals surface area contributed by atoms with E-state index in [2.05, 4.69) is 10.3 Å². The maximum absolute atomic E-state index is 12.3. The molecule has 3 aromatic rings. The lowest BCUT2D eigenvalue weighted by atomic mass is 10.3. The number of halogens is 2. The van der Waals surface area contributed by atoms with Crippen LogP contribution >= 0.6 is 23.2 Å². The van der Waals surface area contributed by atoms with Crippen LogP contribution in [0.15, 0.2) is 34.1 Å². The van der Waals surface area contributed by atoms with Gasteiger partial charge in [0.05, 0.1) is 16.4 Å². The number of carbonyl (C=O) groups excluding carboxylic acids is 1. The van der Waals surface area contributed by atoms with Gasteiger partial charge in [0, 0.05) is 32.7 Å². The molecule has 0 saturated heterocycles. The van der Waals surface area contributed by atoms with Crippen molar-refractivity contribution >= 4 is 46.0 Å². The first-order valence-electron chi connectivity index (χ1n) is 7.65. The summed E-state index contributed by atoms with van der Waals surface area (Å²) in [6, 6.07) is 4.79. The topological polar surface area (TPSA) is 90.9 Å². The summed E-state index contributed by atoms with van der Waals surface area (Å²) < 4.78 is 3.87. The largest absolute Gasteiger partial charge is 0.332 e.